The highest BCUT2D eigenvalue weighted by molar-refractivity contribution is 5.92. The zero-order valence-corrected chi connectivity index (χ0v) is 14.4. The first-order chi connectivity index (χ1) is 11.7. The van der Waals surface area contributed by atoms with Crippen LogP contribution in [-0.4, -0.2) is 34.7 Å². The Morgan fingerprint density at radius 1 is 1.33 bits per heavy atom. The van der Waals surface area contributed by atoms with Crippen LogP contribution in [0.4, 0.5) is 0 Å². The standard InChI is InChI=1S/C19H25N3O2/c1-3-6-15-13-17(21-20-15)19(23)22-12-5-4-7-18(22)14-8-10-16(24-2)11-9-14/h8-11,13,18H,3-7,12H2,1-2H3,(H,20,21)/t18-/m1/s1. The molecule has 0 spiro atoms. The van der Waals surface area contributed by atoms with Crippen LogP contribution >= 0.6 is 0 Å². The van der Waals surface area contributed by atoms with E-state index in [0.29, 0.717) is 5.69 Å². The predicted octanol–water partition coefficient (Wildman–Crippen LogP) is 3.74. The Balaban J connectivity index is 1.81. The highest BCUT2D eigenvalue weighted by Gasteiger charge is 2.29. The lowest BCUT2D eigenvalue weighted by Gasteiger charge is -2.35. The zero-order valence-electron chi connectivity index (χ0n) is 14.4. The second-order valence-electron chi connectivity index (χ2n) is 6.31. The fourth-order valence-electron chi connectivity index (χ4n) is 3.36. The molecule has 5 nitrogen and oxygen atoms in total. The van der Waals surface area contributed by atoms with Gasteiger partial charge in [0.05, 0.1) is 13.2 Å². The number of nitrogens with one attached hydrogen (secondary N) is 1. The summed E-state index contributed by atoms with van der Waals surface area (Å²) in [4.78, 5) is 14.9. The molecule has 0 aliphatic carbocycles. The van der Waals surface area contributed by atoms with Crippen LogP contribution in [0.2, 0.25) is 0 Å². The molecule has 0 bridgehead atoms. The van der Waals surface area contributed by atoms with Gasteiger partial charge in [-0.1, -0.05) is 25.5 Å². The van der Waals surface area contributed by atoms with Crippen molar-refractivity contribution in [2.45, 2.75) is 45.1 Å². The largest absolute Gasteiger partial charge is 0.497 e. The van der Waals surface area contributed by atoms with Gasteiger partial charge in [-0.2, -0.15) is 5.10 Å². The fourth-order valence-corrected chi connectivity index (χ4v) is 3.36. The molecule has 1 atom stereocenters. The minimum Gasteiger partial charge on any atom is -0.497 e. The quantitative estimate of drug-likeness (QED) is 0.910. The fraction of sp³-hybridized carbons (Fsp3) is 0.474. The molecule has 1 aliphatic rings. The van der Waals surface area contributed by atoms with Crippen molar-refractivity contribution in [1.82, 2.24) is 15.1 Å². The third-order valence-electron chi connectivity index (χ3n) is 4.63. The molecule has 24 heavy (non-hydrogen) atoms. The normalized spacial score (nSPS) is 17.8. The van der Waals surface area contributed by atoms with Gasteiger partial charge in [-0.05, 0) is 49.4 Å². The van der Waals surface area contributed by atoms with Gasteiger partial charge in [0.25, 0.3) is 5.91 Å². The number of benzene rings is 1. The number of aromatic nitrogens is 2. The molecule has 1 fully saturated rings. The van der Waals surface area contributed by atoms with Gasteiger partial charge in [-0.25, -0.2) is 0 Å². The van der Waals surface area contributed by atoms with E-state index in [9.17, 15) is 4.79 Å². The number of hydrogen-bond acceptors (Lipinski definition) is 3. The van der Waals surface area contributed by atoms with Crippen molar-refractivity contribution in [3.63, 3.8) is 0 Å². The number of carbonyl (C=O) groups is 1. The van der Waals surface area contributed by atoms with Crippen LogP contribution < -0.4 is 4.74 Å². The molecule has 0 radical (unpaired) electrons. The number of methoxy groups -OCH3 is 1. The van der Waals surface area contributed by atoms with Gasteiger partial charge >= 0.3 is 0 Å². The zero-order chi connectivity index (χ0) is 16.9. The smallest absolute Gasteiger partial charge is 0.274 e. The van der Waals surface area contributed by atoms with Gasteiger partial charge < -0.3 is 9.64 Å². The van der Waals surface area contributed by atoms with Gasteiger partial charge in [0.2, 0.25) is 0 Å². The predicted molar refractivity (Wildman–Crippen MR) is 93.2 cm³/mol. The summed E-state index contributed by atoms with van der Waals surface area (Å²) in [7, 11) is 1.66. The van der Waals surface area contributed by atoms with Crippen LogP contribution in [0.15, 0.2) is 30.3 Å². The summed E-state index contributed by atoms with van der Waals surface area (Å²) in [6.45, 7) is 2.90. The number of nitrogens with zero attached hydrogens (tertiary/aromatic N) is 2. The number of H-pyrrole nitrogens is 1. The molecule has 1 aromatic carbocycles. The first kappa shape index (κ1) is 16.6. The third kappa shape index (κ3) is 3.45. The number of aromatic amines is 1. The SMILES string of the molecule is CCCc1cc(C(=O)N2CCCC[C@@H]2c2ccc(OC)cc2)n[nH]1. The van der Waals surface area contributed by atoms with E-state index in [0.717, 1.165) is 55.7 Å². The van der Waals surface area contributed by atoms with Crippen LogP contribution in [0.25, 0.3) is 0 Å². The minimum atomic E-state index is 0.0223. The first-order valence-corrected chi connectivity index (χ1v) is 8.72. The van der Waals surface area contributed by atoms with Crippen molar-refractivity contribution in [3.05, 3.63) is 47.3 Å². The minimum absolute atomic E-state index is 0.0223. The Labute approximate surface area is 143 Å². The number of hydrogen-bond donors (Lipinski definition) is 1. The Bertz CT molecular complexity index is 678. The Hall–Kier alpha value is -2.30. The van der Waals surface area contributed by atoms with Gasteiger partial charge in [-0.3, -0.25) is 9.89 Å². The molecule has 5 heteroatoms. The number of ether oxygens (including phenoxy) is 1. The van der Waals surface area contributed by atoms with Crippen molar-refractivity contribution in [2.24, 2.45) is 0 Å². The third-order valence-corrected chi connectivity index (χ3v) is 4.63. The summed E-state index contributed by atoms with van der Waals surface area (Å²) < 4.78 is 5.23. The molecule has 1 aromatic heterocycles. The van der Waals surface area contributed by atoms with E-state index >= 15 is 0 Å². The van der Waals surface area contributed by atoms with E-state index in [2.05, 4.69) is 29.3 Å². The van der Waals surface area contributed by atoms with E-state index in [4.69, 9.17) is 4.74 Å². The second kappa shape index (κ2) is 7.51. The van der Waals surface area contributed by atoms with E-state index in [1.807, 2.05) is 23.1 Å². The summed E-state index contributed by atoms with van der Waals surface area (Å²) >= 11 is 0. The molecule has 128 valence electrons. The van der Waals surface area contributed by atoms with Gasteiger partial charge in [0.15, 0.2) is 0 Å². The maximum Gasteiger partial charge on any atom is 0.274 e. The lowest BCUT2D eigenvalue weighted by molar-refractivity contribution is 0.0605. The van der Waals surface area contributed by atoms with Crippen LogP contribution in [-0.2, 0) is 6.42 Å². The first-order valence-electron chi connectivity index (χ1n) is 8.72. The van der Waals surface area contributed by atoms with E-state index in [1.54, 1.807) is 7.11 Å². The average Bonchev–Trinajstić information content (AvgIpc) is 3.10. The molecule has 0 saturated carbocycles. The number of piperidine rings is 1. The highest BCUT2D eigenvalue weighted by Crippen LogP contribution is 2.32. The van der Waals surface area contributed by atoms with Crippen LogP contribution in [0.3, 0.4) is 0 Å². The molecule has 1 N–H and O–H groups in total. The van der Waals surface area contributed by atoms with E-state index in [1.165, 1.54) is 0 Å². The maximum atomic E-state index is 12.9. The van der Waals surface area contributed by atoms with Crippen molar-refractivity contribution < 1.29 is 9.53 Å². The maximum absolute atomic E-state index is 12.9. The summed E-state index contributed by atoms with van der Waals surface area (Å²) in [6.07, 6.45) is 5.13. The summed E-state index contributed by atoms with van der Waals surface area (Å²) in [5.41, 5.74) is 2.71. The summed E-state index contributed by atoms with van der Waals surface area (Å²) in [6, 6.07) is 10.0. The number of rotatable bonds is 5. The highest BCUT2D eigenvalue weighted by atomic mass is 16.5. The van der Waals surface area contributed by atoms with Crippen LogP contribution in [0.5, 0.6) is 5.75 Å². The Morgan fingerprint density at radius 2 is 2.12 bits per heavy atom. The van der Waals surface area contributed by atoms with E-state index in [-0.39, 0.29) is 11.9 Å². The van der Waals surface area contributed by atoms with Crippen molar-refractivity contribution in [3.8, 4) is 5.75 Å². The van der Waals surface area contributed by atoms with Crippen LogP contribution in [0.1, 0.15) is 60.4 Å². The lowest BCUT2D eigenvalue weighted by Crippen LogP contribution is -2.38. The van der Waals surface area contributed by atoms with Crippen LogP contribution in [0, 0.1) is 0 Å². The molecule has 2 aromatic rings. The summed E-state index contributed by atoms with van der Waals surface area (Å²) in [5, 5.41) is 7.21. The topological polar surface area (TPSA) is 58.2 Å². The number of aryl methyl sites for hydroxylation is 1. The average molecular weight is 327 g/mol. The van der Waals surface area contributed by atoms with Gasteiger partial charge in [0.1, 0.15) is 11.4 Å². The molecule has 1 saturated heterocycles. The van der Waals surface area contributed by atoms with Gasteiger partial charge in [0, 0.05) is 12.2 Å². The van der Waals surface area contributed by atoms with Crippen molar-refractivity contribution in [1.29, 1.82) is 0 Å². The molecular formula is C19H25N3O2. The molecular weight excluding hydrogens is 302 g/mol. The number of likely N-dealkylation sites (tertiary alicyclic amines) is 1. The Kier molecular flexibility index (Phi) is 5.18. The molecule has 1 aliphatic heterocycles. The van der Waals surface area contributed by atoms with E-state index < -0.39 is 0 Å². The molecule has 0 unspecified atom stereocenters. The summed E-state index contributed by atoms with van der Waals surface area (Å²) in [5.74, 6) is 0.859. The number of amides is 1. The molecule has 2 heterocycles. The monoisotopic (exact) mass is 327 g/mol. The second-order valence-corrected chi connectivity index (χ2v) is 6.31. The molecule has 3 rings (SSSR count). The van der Waals surface area contributed by atoms with Crippen molar-refractivity contribution >= 4 is 5.91 Å². The van der Waals surface area contributed by atoms with Gasteiger partial charge in [-0.15, -0.1) is 0 Å². The number of carbonyl (C=O) groups excluding carboxylic acids is 1. The lowest BCUT2D eigenvalue weighted by atomic mass is 9.95. The van der Waals surface area contributed by atoms with Crippen molar-refractivity contribution in [2.75, 3.05) is 13.7 Å². The Morgan fingerprint density at radius 3 is 2.83 bits per heavy atom. The molecule has 1 amide bonds.